The maximum Gasteiger partial charge on any atom is 0.336 e. The lowest BCUT2D eigenvalue weighted by Gasteiger charge is -2.31. The van der Waals surface area contributed by atoms with Gasteiger partial charge in [0.2, 0.25) is 0 Å². The summed E-state index contributed by atoms with van der Waals surface area (Å²) in [6.07, 6.45) is 5.06. The minimum absolute atomic E-state index is 0.0758. The number of nitro benzene ring substituents is 1. The Bertz CT molecular complexity index is 1380. The van der Waals surface area contributed by atoms with Crippen LogP contribution in [0, 0.1) is 10.1 Å². The van der Waals surface area contributed by atoms with E-state index >= 15 is 0 Å². The number of nitrogens with one attached hydrogen (secondary N) is 1. The molecule has 0 radical (unpaired) electrons. The number of methoxy groups -OCH3 is 1. The number of rotatable bonds is 14. The summed E-state index contributed by atoms with van der Waals surface area (Å²) in [6, 6.07) is 14.3. The second-order valence-corrected chi connectivity index (χ2v) is 11.8. The number of nitrogens with zero attached hydrogens (tertiary/aromatic N) is 1. The number of hydrogen-bond acceptors (Lipinski definition) is 10. The van der Waals surface area contributed by atoms with Gasteiger partial charge in [-0.25, -0.2) is 9.59 Å². The predicted molar refractivity (Wildman–Crippen MR) is 167 cm³/mol. The van der Waals surface area contributed by atoms with Crippen LogP contribution >= 0.6 is 11.8 Å². The van der Waals surface area contributed by atoms with Crippen molar-refractivity contribution in [1.82, 2.24) is 5.32 Å². The van der Waals surface area contributed by atoms with Crippen molar-refractivity contribution in [2.24, 2.45) is 0 Å². The highest BCUT2D eigenvalue weighted by Crippen LogP contribution is 2.40. The van der Waals surface area contributed by atoms with E-state index in [-0.39, 0.29) is 29.7 Å². The molecule has 0 aliphatic carbocycles. The number of esters is 2. The first-order valence-corrected chi connectivity index (χ1v) is 16.0. The molecule has 11 heteroatoms. The lowest BCUT2D eigenvalue weighted by Crippen LogP contribution is -2.33. The molecule has 0 spiro atoms. The first-order chi connectivity index (χ1) is 21.3. The number of allylic oxidation sites excluding steroid dienone is 2. The first kappa shape index (κ1) is 33.2. The molecule has 2 aromatic rings. The number of non-ortho nitro benzene ring substituents is 1. The van der Waals surface area contributed by atoms with E-state index < -0.39 is 22.8 Å². The summed E-state index contributed by atoms with van der Waals surface area (Å²) in [6.45, 7) is 5.20. The van der Waals surface area contributed by atoms with Gasteiger partial charge < -0.3 is 24.3 Å². The number of carbonyl (C=O) groups excluding carboxylic acids is 2. The molecule has 2 aliphatic rings. The van der Waals surface area contributed by atoms with Gasteiger partial charge in [-0.2, -0.15) is 0 Å². The van der Waals surface area contributed by atoms with Crippen LogP contribution in [0.2, 0.25) is 0 Å². The third-order valence-corrected chi connectivity index (χ3v) is 8.68. The summed E-state index contributed by atoms with van der Waals surface area (Å²) in [5.74, 6) is -1.33. The van der Waals surface area contributed by atoms with Crippen LogP contribution in [0.1, 0.15) is 63.0 Å². The number of carbonyl (C=O) groups is 2. The summed E-state index contributed by atoms with van der Waals surface area (Å²) in [5.41, 5.74) is 3.09. The Kier molecular flexibility index (Phi) is 12.4. The Morgan fingerprint density at radius 1 is 1.09 bits per heavy atom. The number of ether oxygens (including phenoxy) is 4. The summed E-state index contributed by atoms with van der Waals surface area (Å²) in [7, 11) is 1.27. The van der Waals surface area contributed by atoms with Crippen LogP contribution < -0.4 is 5.32 Å². The molecule has 4 rings (SSSR count). The fourth-order valence-corrected chi connectivity index (χ4v) is 6.17. The van der Waals surface area contributed by atoms with Crippen molar-refractivity contribution in [3.05, 3.63) is 92.3 Å². The van der Waals surface area contributed by atoms with E-state index in [2.05, 4.69) is 29.6 Å². The monoisotopic (exact) mass is 624 g/mol. The van der Waals surface area contributed by atoms with E-state index in [1.165, 1.54) is 30.9 Å². The van der Waals surface area contributed by atoms with Crippen molar-refractivity contribution in [1.29, 1.82) is 0 Å². The van der Waals surface area contributed by atoms with Gasteiger partial charge in [0.1, 0.15) is 0 Å². The molecule has 1 fully saturated rings. The summed E-state index contributed by atoms with van der Waals surface area (Å²) < 4.78 is 22.2. The lowest BCUT2D eigenvalue weighted by molar-refractivity contribution is -0.384. The van der Waals surface area contributed by atoms with Crippen LogP contribution in [-0.2, 0) is 35.0 Å². The van der Waals surface area contributed by atoms with Gasteiger partial charge in [-0.3, -0.25) is 10.1 Å². The predicted octanol–water partition coefficient (Wildman–Crippen LogP) is 6.20. The third-order valence-electron chi connectivity index (χ3n) is 7.58. The number of hydrogen-bond donors (Lipinski definition) is 1. The van der Waals surface area contributed by atoms with Gasteiger partial charge in [-0.1, -0.05) is 31.2 Å². The molecule has 2 heterocycles. The Morgan fingerprint density at radius 3 is 2.57 bits per heavy atom. The van der Waals surface area contributed by atoms with E-state index in [9.17, 15) is 19.7 Å². The average molecular weight is 625 g/mol. The molecule has 2 aromatic carbocycles. The zero-order valence-corrected chi connectivity index (χ0v) is 26.3. The van der Waals surface area contributed by atoms with Gasteiger partial charge in [0.05, 0.1) is 42.3 Å². The van der Waals surface area contributed by atoms with Crippen molar-refractivity contribution < 1.29 is 33.5 Å². The van der Waals surface area contributed by atoms with E-state index in [1.54, 1.807) is 24.8 Å². The molecular weight excluding hydrogens is 584 g/mol. The van der Waals surface area contributed by atoms with Crippen LogP contribution in [-0.4, -0.2) is 55.8 Å². The minimum Gasteiger partial charge on any atom is -0.466 e. The molecule has 1 saturated heterocycles. The highest BCUT2D eigenvalue weighted by atomic mass is 32.2. The van der Waals surface area contributed by atoms with Gasteiger partial charge in [0, 0.05) is 40.8 Å². The molecule has 2 atom stereocenters. The molecule has 2 unspecified atom stereocenters. The number of benzene rings is 2. The Hall–Kier alpha value is -3.67. The molecule has 10 nitrogen and oxygen atoms in total. The third kappa shape index (κ3) is 8.71. The van der Waals surface area contributed by atoms with E-state index in [0.29, 0.717) is 36.4 Å². The molecular formula is C33H40N2O8S. The molecule has 0 aromatic heterocycles. The zero-order chi connectivity index (χ0) is 31.5. The lowest BCUT2D eigenvalue weighted by atomic mass is 9.79. The second kappa shape index (κ2) is 16.4. The van der Waals surface area contributed by atoms with Crippen LogP contribution in [0.5, 0.6) is 0 Å². The van der Waals surface area contributed by atoms with Crippen molar-refractivity contribution in [3.8, 4) is 0 Å². The van der Waals surface area contributed by atoms with Gasteiger partial charge in [-0.05, 0) is 68.7 Å². The Balaban J connectivity index is 1.33. The molecule has 0 bridgehead atoms. The topological polar surface area (TPSA) is 126 Å². The Morgan fingerprint density at radius 2 is 1.89 bits per heavy atom. The molecule has 0 amide bonds. The van der Waals surface area contributed by atoms with Crippen LogP contribution in [0.15, 0.2) is 76.0 Å². The van der Waals surface area contributed by atoms with Gasteiger partial charge in [-0.15, -0.1) is 11.8 Å². The van der Waals surface area contributed by atoms with Crippen LogP contribution in [0.3, 0.4) is 0 Å². The standard InChI is InChI=1S/C33H40N2O8S/c1-4-27-31(32(36)40-3)30(24-9-7-10-25(21-24)35(38)39)29(22(2)34-27)33(37)43-18-8-20-44-26-14-12-23(13-15-26)16-19-42-28-11-5-6-17-41-28/h7,9-10,12-15,21,28,30,34H,4-6,8,11,16-20H2,1-3H3. The van der Waals surface area contributed by atoms with E-state index in [1.807, 2.05) is 6.92 Å². The van der Waals surface area contributed by atoms with Crippen molar-refractivity contribution >= 4 is 29.4 Å². The van der Waals surface area contributed by atoms with Crippen LogP contribution in [0.4, 0.5) is 5.69 Å². The molecule has 236 valence electrons. The highest BCUT2D eigenvalue weighted by Gasteiger charge is 2.38. The molecule has 44 heavy (non-hydrogen) atoms. The maximum absolute atomic E-state index is 13.5. The van der Waals surface area contributed by atoms with Gasteiger partial charge in [0.25, 0.3) is 5.69 Å². The van der Waals surface area contributed by atoms with Gasteiger partial charge in [0.15, 0.2) is 6.29 Å². The van der Waals surface area contributed by atoms with Crippen molar-refractivity contribution in [2.45, 2.75) is 69.5 Å². The smallest absolute Gasteiger partial charge is 0.336 e. The van der Waals surface area contributed by atoms with Crippen LogP contribution in [0.25, 0.3) is 0 Å². The quantitative estimate of drug-likeness (QED) is 0.0853. The first-order valence-electron chi connectivity index (χ1n) is 15.0. The summed E-state index contributed by atoms with van der Waals surface area (Å²) in [5, 5.41) is 14.7. The zero-order valence-electron chi connectivity index (χ0n) is 25.5. The van der Waals surface area contributed by atoms with E-state index in [4.69, 9.17) is 18.9 Å². The molecule has 1 N–H and O–H groups in total. The number of thioether (sulfide) groups is 1. The number of dihydropyridines is 1. The maximum atomic E-state index is 13.5. The average Bonchev–Trinajstić information content (AvgIpc) is 3.04. The molecule has 2 aliphatic heterocycles. The normalized spacial score (nSPS) is 18.5. The fourth-order valence-electron chi connectivity index (χ4n) is 5.34. The van der Waals surface area contributed by atoms with Gasteiger partial charge >= 0.3 is 11.9 Å². The number of nitro groups is 1. The molecule has 0 saturated carbocycles. The summed E-state index contributed by atoms with van der Waals surface area (Å²) in [4.78, 5) is 38.5. The highest BCUT2D eigenvalue weighted by molar-refractivity contribution is 7.99. The minimum atomic E-state index is -0.875. The largest absolute Gasteiger partial charge is 0.466 e. The Labute approximate surface area is 262 Å². The fraction of sp³-hybridized carbons (Fsp3) is 0.455. The van der Waals surface area contributed by atoms with Crippen molar-refractivity contribution in [2.75, 3.05) is 32.7 Å². The SMILES string of the molecule is CCC1=C(C(=O)OC)C(c2cccc([N+](=O)[O-])c2)C(C(=O)OCCCSc2ccc(CCOC3CCCCO3)cc2)=C(C)N1. The second-order valence-electron chi connectivity index (χ2n) is 10.6. The van der Waals surface area contributed by atoms with E-state index in [0.717, 1.165) is 42.9 Å². The summed E-state index contributed by atoms with van der Waals surface area (Å²) >= 11 is 1.68. The van der Waals surface area contributed by atoms with Crippen molar-refractivity contribution in [3.63, 3.8) is 0 Å².